The summed E-state index contributed by atoms with van der Waals surface area (Å²) in [6.07, 6.45) is -0.0362. The molecule has 0 aromatic heterocycles. The fourth-order valence-corrected chi connectivity index (χ4v) is 0.572. The van der Waals surface area contributed by atoms with E-state index in [1.807, 2.05) is 0 Å². The summed E-state index contributed by atoms with van der Waals surface area (Å²) >= 11 is 0. The van der Waals surface area contributed by atoms with E-state index in [0.29, 0.717) is 6.61 Å². The number of azide groups is 1. The third kappa shape index (κ3) is 1.57. The summed E-state index contributed by atoms with van der Waals surface area (Å²) in [5.41, 5.74) is 7.94. The minimum Gasteiger partial charge on any atom is -0.396 e. The van der Waals surface area contributed by atoms with Crippen LogP contribution in [0.3, 0.4) is 0 Å². The molecule has 1 N–H and O–H groups in total. The lowest BCUT2D eigenvalue weighted by Crippen LogP contribution is -2.16. The highest BCUT2D eigenvalue weighted by Gasteiger charge is 2.31. The van der Waals surface area contributed by atoms with Gasteiger partial charge in [-0.3, -0.25) is 0 Å². The fourth-order valence-electron chi connectivity index (χ4n) is 0.572. The molecule has 0 amide bonds. The average Bonchev–Trinajstić information content (AvgIpc) is 2.64. The van der Waals surface area contributed by atoms with E-state index in [1.54, 1.807) is 0 Å². The Morgan fingerprint density at radius 3 is 3.00 bits per heavy atom. The van der Waals surface area contributed by atoms with E-state index < -0.39 is 0 Å². The second kappa shape index (κ2) is 2.68. The standard InChI is InChI=1S/C4H7N3O2/c5-7-6-3(1-8)4-2-9-4/h3-4,8H,1-2H2/t3-,4+/m1/s1. The highest BCUT2D eigenvalue weighted by molar-refractivity contribution is 4.84. The van der Waals surface area contributed by atoms with Crippen LogP contribution in [0, 0.1) is 0 Å². The van der Waals surface area contributed by atoms with Crippen molar-refractivity contribution in [1.29, 1.82) is 0 Å². The van der Waals surface area contributed by atoms with Gasteiger partial charge >= 0.3 is 0 Å². The molecule has 0 aromatic rings. The van der Waals surface area contributed by atoms with Gasteiger partial charge in [0.25, 0.3) is 0 Å². The summed E-state index contributed by atoms with van der Waals surface area (Å²) in [5.74, 6) is 0. The number of aliphatic hydroxyl groups is 1. The van der Waals surface area contributed by atoms with Gasteiger partial charge in [-0.25, -0.2) is 0 Å². The molecule has 9 heavy (non-hydrogen) atoms. The van der Waals surface area contributed by atoms with Crippen molar-refractivity contribution in [3.05, 3.63) is 10.4 Å². The van der Waals surface area contributed by atoms with Crippen molar-refractivity contribution in [2.75, 3.05) is 13.2 Å². The van der Waals surface area contributed by atoms with Crippen LogP contribution in [0.2, 0.25) is 0 Å². The SMILES string of the molecule is [N-]=[N+]=N[C@H](CO)[C@@H]1CO1. The van der Waals surface area contributed by atoms with Gasteiger partial charge in [0.2, 0.25) is 0 Å². The maximum absolute atomic E-state index is 8.52. The molecule has 5 heteroatoms. The van der Waals surface area contributed by atoms with Crippen molar-refractivity contribution in [3.8, 4) is 0 Å². The Bertz CT molecular complexity index is 139. The first-order chi connectivity index (χ1) is 4.38. The van der Waals surface area contributed by atoms with Gasteiger partial charge in [0.05, 0.1) is 25.4 Å². The van der Waals surface area contributed by atoms with Crippen LogP contribution >= 0.6 is 0 Å². The molecule has 0 aromatic carbocycles. The second-order valence-corrected chi connectivity index (χ2v) is 1.83. The van der Waals surface area contributed by atoms with E-state index in [2.05, 4.69) is 10.0 Å². The Morgan fingerprint density at radius 1 is 2.00 bits per heavy atom. The van der Waals surface area contributed by atoms with Crippen LogP contribution in [-0.4, -0.2) is 30.5 Å². The first kappa shape index (κ1) is 6.35. The first-order valence-corrected chi connectivity index (χ1v) is 2.65. The molecular weight excluding hydrogens is 122 g/mol. The summed E-state index contributed by atoms with van der Waals surface area (Å²) in [5, 5.41) is 11.8. The van der Waals surface area contributed by atoms with E-state index in [-0.39, 0.29) is 18.8 Å². The maximum atomic E-state index is 8.52. The topological polar surface area (TPSA) is 81.5 Å². The molecule has 0 radical (unpaired) electrons. The number of nitrogens with zero attached hydrogens (tertiary/aromatic N) is 3. The average molecular weight is 129 g/mol. The predicted molar refractivity (Wildman–Crippen MR) is 29.8 cm³/mol. The number of epoxide rings is 1. The Hall–Kier alpha value is -0.770. The second-order valence-electron chi connectivity index (χ2n) is 1.83. The lowest BCUT2D eigenvalue weighted by Gasteiger charge is -1.98. The molecule has 1 saturated heterocycles. The van der Waals surface area contributed by atoms with E-state index >= 15 is 0 Å². The number of hydrogen-bond acceptors (Lipinski definition) is 3. The molecule has 0 saturated carbocycles. The summed E-state index contributed by atoms with van der Waals surface area (Å²) in [6.45, 7) is 0.471. The van der Waals surface area contributed by atoms with Gasteiger partial charge < -0.3 is 9.84 Å². The molecule has 1 aliphatic heterocycles. The molecule has 0 spiro atoms. The number of hydrogen-bond donors (Lipinski definition) is 1. The quantitative estimate of drug-likeness (QED) is 0.253. The molecule has 0 bridgehead atoms. The molecule has 2 atom stereocenters. The summed E-state index contributed by atoms with van der Waals surface area (Å²) in [4.78, 5) is 2.55. The number of ether oxygens (including phenoxy) is 1. The van der Waals surface area contributed by atoms with Gasteiger partial charge in [0, 0.05) is 4.91 Å². The highest BCUT2D eigenvalue weighted by Crippen LogP contribution is 2.16. The van der Waals surface area contributed by atoms with Gasteiger partial charge in [-0.15, -0.1) is 0 Å². The molecule has 0 unspecified atom stereocenters. The normalized spacial score (nSPS) is 26.6. The molecular formula is C4H7N3O2. The van der Waals surface area contributed by atoms with Crippen LogP contribution in [0.5, 0.6) is 0 Å². The van der Waals surface area contributed by atoms with E-state index in [1.165, 1.54) is 0 Å². The largest absolute Gasteiger partial charge is 0.396 e. The zero-order valence-electron chi connectivity index (χ0n) is 4.77. The number of aliphatic hydroxyl groups excluding tert-OH is 1. The molecule has 1 heterocycles. The third-order valence-electron chi connectivity index (χ3n) is 1.18. The van der Waals surface area contributed by atoms with Crippen LogP contribution in [0.4, 0.5) is 0 Å². The minimum atomic E-state index is -0.380. The maximum Gasteiger partial charge on any atom is 0.0916 e. The zero-order chi connectivity index (χ0) is 6.69. The zero-order valence-corrected chi connectivity index (χ0v) is 4.77. The summed E-state index contributed by atoms with van der Waals surface area (Å²) < 4.78 is 4.79. The molecule has 1 aliphatic rings. The Morgan fingerprint density at radius 2 is 2.67 bits per heavy atom. The van der Waals surface area contributed by atoms with Crippen molar-refractivity contribution in [1.82, 2.24) is 0 Å². The van der Waals surface area contributed by atoms with Crippen LogP contribution in [0.25, 0.3) is 10.4 Å². The van der Waals surface area contributed by atoms with Crippen molar-refractivity contribution in [2.45, 2.75) is 12.1 Å². The smallest absolute Gasteiger partial charge is 0.0916 e. The number of rotatable bonds is 3. The predicted octanol–water partition coefficient (Wildman–Crippen LogP) is 0.0564. The summed E-state index contributed by atoms with van der Waals surface area (Å²) in [7, 11) is 0. The van der Waals surface area contributed by atoms with Gasteiger partial charge in [-0.2, -0.15) is 0 Å². The Balaban J connectivity index is 2.37. The lowest BCUT2D eigenvalue weighted by molar-refractivity contribution is 0.237. The van der Waals surface area contributed by atoms with Gasteiger partial charge in [0.15, 0.2) is 0 Å². The van der Waals surface area contributed by atoms with Gasteiger partial charge in [-0.05, 0) is 5.53 Å². The van der Waals surface area contributed by atoms with Crippen molar-refractivity contribution < 1.29 is 9.84 Å². The molecule has 1 fully saturated rings. The monoisotopic (exact) mass is 129 g/mol. The fraction of sp³-hybridized carbons (Fsp3) is 1.00. The van der Waals surface area contributed by atoms with Crippen molar-refractivity contribution in [2.24, 2.45) is 5.11 Å². The first-order valence-electron chi connectivity index (χ1n) is 2.65. The Kier molecular flexibility index (Phi) is 1.89. The van der Waals surface area contributed by atoms with E-state index in [0.717, 1.165) is 0 Å². The van der Waals surface area contributed by atoms with E-state index in [4.69, 9.17) is 15.4 Å². The summed E-state index contributed by atoms with van der Waals surface area (Å²) in [6, 6.07) is -0.380. The molecule has 0 aliphatic carbocycles. The van der Waals surface area contributed by atoms with Crippen LogP contribution in [-0.2, 0) is 4.74 Å². The van der Waals surface area contributed by atoms with Gasteiger partial charge in [0.1, 0.15) is 0 Å². The van der Waals surface area contributed by atoms with Crippen LogP contribution in [0.15, 0.2) is 5.11 Å². The molecule has 1 rings (SSSR count). The minimum absolute atomic E-state index is 0.0362. The lowest BCUT2D eigenvalue weighted by atomic mass is 10.2. The van der Waals surface area contributed by atoms with Crippen LogP contribution in [0.1, 0.15) is 0 Å². The highest BCUT2D eigenvalue weighted by atomic mass is 16.6. The van der Waals surface area contributed by atoms with Crippen molar-refractivity contribution in [3.63, 3.8) is 0 Å². The molecule has 50 valence electrons. The third-order valence-corrected chi connectivity index (χ3v) is 1.18. The van der Waals surface area contributed by atoms with Crippen molar-refractivity contribution >= 4 is 0 Å². The Labute approximate surface area is 51.9 Å². The van der Waals surface area contributed by atoms with E-state index in [9.17, 15) is 0 Å². The van der Waals surface area contributed by atoms with Crippen LogP contribution < -0.4 is 0 Å². The van der Waals surface area contributed by atoms with Gasteiger partial charge in [-0.1, -0.05) is 5.11 Å². The molecule has 5 nitrogen and oxygen atoms in total.